The van der Waals surface area contributed by atoms with Crippen LogP contribution in [-0.4, -0.2) is 16.3 Å². The molecule has 3 nitrogen and oxygen atoms in total. The SMILES string of the molecule is CCNCc1ccccc1-n1nc(C)c(Br)c1C. The Morgan fingerprint density at radius 1 is 1.28 bits per heavy atom. The summed E-state index contributed by atoms with van der Waals surface area (Å²) in [5.41, 5.74) is 4.56. The van der Waals surface area contributed by atoms with Gasteiger partial charge in [-0.25, -0.2) is 4.68 Å². The molecule has 0 aliphatic carbocycles. The van der Waals surface area contributed by atoms with Crippen molar-refractivity contribution in [3.63, 3.8) is 0 Å². The third-order valence-electron chi connectivity index (χ3n) is 2.99. The van der Waals surface area contributed by atoms with Crippen molar-refractivity contribution in [1.29, 1.82) is 0 Å². The average Bonchev–Trinajstić information content (AvgIpc) is 2.64. The average molecular weight is 308 g/mol. The Kier molecular flexibility index (Phi) is 4.19. The molecule has 96 valence electrons. The van der Waals surface area contributed by atoms with E-state index in [9.17, 15) is 0 Å². The summed E-state index contributed by atoms with van der Waals surface area (Å²) in [5.74, 6) is 0. The number of rotatable bonds is 4. The molecule has 0 amide bonds. The third kappa shape index (κ3) is 2.49. The van der Waals surface area contributed by atoms with Crippen LogP contribution in [0.1, 0.15) is 23.9 Å². The first-order chi connectivity index (χ1) is 8.65. The van der Waals surface area contributed by atoms with E-state index in [2.05, 4.69) is 64.5 Å². The molecule has 0 atom stereocenters. The maximum Gasteiger partial charge on any atom is 0.0743 e. The van der Waals surface area contributed by atoms with E-state index in [1.54, 1.807) is 0 Å². The van der Waals surface area contributed by atoms with Crippen molar-refractivity contribution in [2.45, 2.75) is 27.3 Å². The minimum absolute atomic E-state index is 0.864. The second kappa shape index (κ2) is 5.67. The highest BCUT2D eigenvalue weighted by Crippen LogP contribution is 2.24. The van der Waals surface area contributed by atoms with Crippen molar-refractivity contribution in [2.75, 3.05) is 6.54 Å². The molecule has 0 spiro atoms. The molecular weight excluding hydrogens is 290 g/mol. The van der Waals surface area contributed by atoms with E-state index >= 15 is 0 Å². The number of nitrogens with zero attached hydrogens (tertiary/aromatic N) is 2. The van der Waals surface area contributed by atoms with E-state index in [-0.39, 0.29) is 0 Å². The number of hydrogen-bond acceptors (Lipinski definition) is 2. The summed E-state index contributed by atoms with van der Waals surface area (Å²) in [4.78, 5) is 0. The van der Waals surface area contributed by atoms with Gasteiger partial charge >= 0.3 is 0 Å². The summed E-state index contributed by atoms with van der Waals surface area (Å²) in [5, 5.41) is 7.95. The predicted octanol–water partition coefficient (Wildman–Crippen LogP) is 3.36. The Balaban J connectivity index is 2.46. The molecule has 1 aromatic heterocycles. The van der Waals surface area contributed by atoms with E-state index in [1.807, 2.05) is 11.6 Å². The number of hydrogen-bond donors (Lipinski definition) is 1. The number of aryl methyl sites for hydroxylation is 1. The molecule has 0 radical (unpaired) electrons. The van der Waals surface area contributed by atoms with Crippen LogP contribution in [0, 0.1) is 13.8 Å². The van der Waals surface area contributed by atoms with Crippen LogP contribution >= 0.6 is 15.9 Å². The Morgan fingerprint density at radius 2 is 2.00 bits per heavy atom. The van der Waals surface area contributed by atoms with Crippen molar-refractivity contribution in [1.82, 2.24) is 15.1 Å². The smallest absolute Gasteiger partial charge is 0.0743 e. The van der Waals surface area contributed by atoms with Gasteiger partial charge in [0.05, 0.1) is 21.5 Å². The number of para-hydroxylation sites is 1. The summed E-state index contributed by atoms with van der Waals surface area (Å²) in [6, 6.07) is 8.37. The van der Waals surface area contributed by atoms with E-state index in [0.717, 1.165) is 34.6 Å². The molecule has 0 saturated heterocycles. The van der Waals surface area contributed by atoms with E-state index in [4.69, 9.17) is 0 Å². The monoisotopic (exact) mass is 307 g/mol. The molecule has 2 rings (SSSR count). The Bertz CT molecular complexity index is 546. The van der Waals surface area contributed by atoms with Crippen molar-refractivity contribution in [3.05, 3.63) is 45.7 Å². The minimum Gasteiger partial charge on any atom is -0.313 e. The van der Waals surface area contributed by atoms with Crippen LogP contribution < -0.4 is 5.32 Å². The zero-order chi connectivity index (χ0) is 13.1. The molecule has 0 bridgehead atoms. The summed E-state index contributed by atoms with van der Waals surface area (Å²) in [6.07, 6.45) is 0. The lowest BCUT2D eigenvalue weighted by atomic mass is 10.1. The molecule has 1 aromatic carbocycles. The van der Waals surface area contributed by atoms with E-state index < -0.39 is 0 Å². The fraction of sp³-hybridized carbons (Fsp3) is 0.357. The molecular formula is C14H18BrN3. The van der Waals surface area contributed by atoms with E-state index in [0.29, 0.717) is 0 Å². The molecule has 0 saturated carbocycles. The molecule has 18 heavy (non-hydrogen) atoms. The Hall–Kier alpha value is -1.13. The molecule has 2 aromatic rings. The molecule has 1 heterocycles. The van der Waals surface area contributed by atoms with Gasteiger partial charge in [0.1, 0.15) is 0 Å². The largest absolute Gasteiger partial charge is 0.313 e. The van der Waals surface area contributed by atoms with Gasteiger partial charge in [0.25, 0.3) is 0 Å². The predicted molar refractivity (Wildman–Crippen MR) is 78.1 cm³/mol. The normalized spacial score (nSPS) is 10.9. The number of aromatic nitrogens is 2. The summed E-state index contributed by atoms with van der Waals surface area (Å²) < 4.78 is 3.09. The second-order valence-electron chi connectivity index (χ2n) is 4.31. The lowest BCUT2D eigenvalue weighted by Crippen LogP contribution is -2.14. The number of halogens is 1. The zero-order valence-corrected chi connectivity index (χ0v) is 12.6. The highest BCUT2D eigenvalue weighted by Gasteiger charge is 2.12. The molecule has 0 unspecified atom stereocenters. The number of nitrogens with one attached hydrogen (secondary N) is 1. The fourth-order valence-corrected chi connectivity index (χ4v) is 2.23. The van der Waals surface area contributed by atoms with Gasteiger partial charge in [-0.15, -0.1) is 0 Å². The Morgan fingerprint density at radius 3 is 2.61 bits per heavy atom. The van der Waals surface area contributed by atoms with Gasteiger partial charge in [-0.2, -0.15) is 5.10 Å². The first-order valence-electron chi connectivity index (χ1n) is 6.15. The maximum absolute atomic E-state index is 4.59. The molecule has 0 aliphatic rings. The summed E-state index contributed by atoms with van der Waals surface area (Å²) in [7, 11) is 0. The molecule has 0 fully saturated rings. The van der Waals surface area contributed by atoms with Crippen molar-refractivity contribution < 1.29 is 0 Å². The van der Waals surface area contributed by atoms with Crippen molar-refractivity contribution in [2.24, 2.45) is 0 Å². The molecule has 1 N–H and O–H groups in total. The third-order valence-corrected chi connectivity index (χ3v) is 4.14. The quantitative estimate of drug-likeness (QED) is 0.938. The minimum atomic E-state index is 0.864. The molecule has 4 heteroatoms. The van der Waals surface area contributed by atoms with Crippen LogP contribution in [0.5, 0.6) is 0 Å². The Labute approximate surface area is 116 Å². The van der Waals surface area contributed by atoms with Gasteiger partial charge in [-0.05, 0) is 48.0 Å². The number of benzene rings is 1. The second-order valence-corrected chi connectivity index (χ2v) is 5.10. The van der Waals surface area contributed by atoms with Gasteiger partial charge in [0, 0.05) is 6.54 Å². The van der Waals surface area contributed by atoms with Gasteiger partial charge in [0.15, 0.2) is 0 Å². The topological polar surface area (TPSA) is 29.9 Å². The zero-order valence-electron chi connectivity index (χ0n) is 11.0. The highest BCUT2D eigenvalue weighted by molar-refractivity contribution is 9.10. The standard InChI is InChI=1S/C14H18BrN3/c1-4-16-9-12-7-5-6-8-13(12)18-11(3)14(15)10(2)17-18/h5-8,16H,4,9H2,1-3H3. The van der Waals surface area contributed by atoms with Crippen LogP contribution in [-0.2, 0) is 6.54 Å². The lowest BCUT2D eigenvalue weighted by molar-refractivity contribution is 0.713. The van der Waals surface area contributed by atoms with Crippen LogP contribution in [0.3, 0.4) is 0 Å². The van der Waals surface area contributed by atoms with E-state index in [1.165, 1.54) is 5.56 Å². The first kappa shape index (κ1) is 13.3. The summed E-state index contributed by atoms with van der Waals surface area (Å²) in [6.45, 7) is 8.04. The van der Waals surface area contributed by atoms with Crippen LogP contribution in [0.2, 0.25) is 0 Å². The lowest BCUT2D eigenvalue weighted by Gasteiger charge is -2.11. The highest BCUT2D eigenvalue weighted by atomic mass is 79.9. The van der Waals surface area contributed by atoms with Gasteiger partial charge < -0.3 is 5.32 Å². The van der Waals surface area contributed by atoms with Crippen LogP contribution in [0.15, 0.2) is 28.7 Å². The molecule has 0 aliphatic heterocycles. The fourth-order valence-electron chi connectivity index (χ4n) is 1.98. The first-order valence-corrected chi connectivity index (χ1v) is 6.95. The van der Waals surface area contributed by atoms with Gasteiger partial charge in [0.2, 0.25) is 0 Å². The van der Waals surface area contributed by atoms with Gasteiger partial charge in [-0.1, -0.05) is 25.1 Å². The van der Waals surface area contributed by atoms with Gasteiger partial charge in [-0.3, -0.25) is 0 Å². The summed E-state index contributed by atoms with van der Waals surface area (Å²) >= 11 is 3.58. The maximum atomic E-state index is 4.59. The van der Waals surface area contributed by atoms with Crippen LogP contribution in [0.4, 0.5) is 0 Å². The van der Waals surface area contributed by atoms with Crippen molar-refractivity contribution >= 4 is 15.9 Å². The van der Waals surface area contributed by atoms with Crippen LogP contribution in [0.25, 0.3) is 5.69 Å². The van der Waals surface area contributed by atoms with Crippen molar-refractivity contribution in [3.8, 4) is 5.69 Å².